The second kappa shape index (κ2) is 5.74. The molecule has 1 saturated heterocycles. The van der Waals surface area contributed by atoms with Crippen molar-refractivity contribution in [2.45, 2.75) is 25.0 Å². The Morgan fingerprint density at radius 3 is 2.64 bits per heavy atom. The van der Waals surface area contributed by atoms with Crippen LogP contribution in [-0.4, -0.2) is 40.0 Å². The first-order valence-corrected chi connectivity index (χ1v) is 7.93. The van der Waals surface area contributed by atoms with Crippen molar-refractivity contribution in [2.75, 3.05) is 13.1 Å². The maximum absolute atomic E-state index is 10.3. The van der Waals surface area contributed by atoms with E-state index in [1.54, 1.807) is 12.5 Å². The summed E-state index contributed by atoms with van der Waals surface area (Å²) in [6, 6.07) is 7.93. The van der Waals surface area contributed by atoms with Gasteiger partial charge < -0.3 is 19.7 Å². The molecule has 0 radical (unpaired) electrons. The predicted molar refractivity (Wildman–Crippen MR) is 83.1 cm³/mol. The SMILES string of the molecule is O[C@@H]1C[C@H]2CNC[C@H]2C[C@H]1Oc1ccc(-n2ccnc2)cc1. The van der Waals surface area contributed by atoms with Crippen molar-refractivity contribution in [2.24, 2.45) is 11.8 Å². The Kier molecular flexibility index (Phi) is 3.60. The minimum Gasteiger partial charge on any atom is -0.488 e. The van der Waals surface area contributed by atoms with Crippen molar-refractivity contribution in [3.63, 3.8) is 0 Å². The van der Waals surface area contributed by atoms with Crippen LogP contribution < -0.4 is 10.1 Å². The van der Waals surface area contributed by atoms with E-state index in [4.69, 9.17) is 4.74 Å². The van der Waals surface area contributed by atoms with Crippen LogP contribution in [0.2, 0.25) is 0 Å². The quantitative estimate of drug-likeness (QED) is 0.904. The van der Waals surface area contributed by atoms with E-state index in [0.717, 1.165) is 37.4 Å². The zero-order valence-corrected chi connectivity index (χ0v) is 12.4. The third-order valence-corrected chi connectivity index (χ3v) is 4.91. The average molecular weight is 299 g/mol. The van der Waals surface area contributed by atoms with E-state index in [1.807, 2.05) is 35.0 Å². The Hall–Kier alpha value is -1.85. The van der Waals surface area contributed by atoms with Crippen LogP contribution >= 0.6 is 0 Å². The Bertz CT molecular complexity index is 611. The molecule has 5 nitrogen and oxygen atoms in total. The maximum atomic E-state index is 10.3. The van der Waals surface area contributed by atoms with Crippen molar-refractivity contribution < 1.29 is 9.84 Å². The molecule has 0 unspecified atom stereocenters. The molecule has 2 heterocycles. The third kappa shape index (κ3) is 2.62. The number of fused-ring (bicyclic) bond motifs is 1. The van der Waals surface area contributed by atoms with Gasteiger partial charge in [0.25, 0.3) is 0 Å². The number of nitrogens with one attached hydrogen (secondary N) is 1. The van der Waals surface area contributed by atoms with E-state index in [0.29, 0.717) is 11.8 Å². The molecule has 2 N–H and O–H groups in total. The van der Waals surface area contributed by atoms with Gasteiger partial charge in [-0.05, 0) is 62.0 Å². The van der Waals surface area contributed by atoms with E-state index in [2.05, 4.69) is 10.3 Å². The van der Waals surface area contributed by atoms with Crippen molar-refractivity contribution in [1.29, 1.82) is 0 Å². The smallest absolute Gasteiger partial charge is 0.125 e. The highest BCUT2D eigenvalue weighted by Crippen LogP contribution is 2.34. The van der Waals surface area contributed by atoms with Crippen molar-refractivity contribution in [3.05, 3.63) is 43.0 Å². The summed E-state index contributed by atoms with van der Waals surface area (Å²) >= 11 is 0. The molecule has 1 aliphatic heterocycles. The van der Waals surface area contributed by atoms with Crippen LogP contribution in [0.3, 0.4) is 0 Å². The number of aromatic nitrogens is 2. The summed E-state index contributed by atoms with van der Waals surface area (Å²) in [6.45, 7) is 2.09. The van der Waals surface area contributed by atoms with Crippen LogP contribution in [0.25, 0.3) is 5.69 Å². The standard InChI is InChI=1S/C17H21N3O2/c21-16-7-12-9-19-10-13(12)8-17(16)22-15-3-1-14(2-4-15)20-6-5-18-11-20/h1-6,11-13,16-17,19,21H,7-10H2/t12-,13+,16+,17+/m0/s1. The number of hydrogen-bond acceptors (Lipinski definition) is 4. The summed E-state index contributed by atoms with van der Waals surface area (Å²) in [5.74, 6) is 2.06. The van der Waals surface area contributed by atoms with Gasteiger partial charge in [0, 0.05) is 18.1 Å². The van der Waals surface area contributed by atoms with Crippen LogP contribution in [0.1, 0.15) is 12.8 Å². The number of ether oxygens (including phenoxy) is 1. The summed E-state index contributed by atoms with van der Waals surface area (Å²) in [7, 11) is 0. The fourth-order valence-electron chi connectivity index (χ4n) is 3.67. The van der Waals surface area contributed by atoms with Gasteiger partial charge in [-0.3, -0.25) is 0 Å². The summed E-state index contributed by atoms with van der Waals surface area (Å²) in [5, 5.41) is 13.7. The molecule has 1 aromatic heterocycles. The Morgan fingerprint density at radius 1 is 1.14 bits per heavy atom. The lowest BCUT2D eigenvalue weighted by molar-refractivity contribution is -0.0231. The van der Waals surface area contributed by atoms with E-state index in [-0.39, 0.29) is 12.2 Å². The van der Waals surface area contributed by atoms with Crippen LogP contribution in [0.15, 0.2) is 43.0 Å². The van der Waals surface area contributed by atoms with Crippen molar-refractivity contribution in [3.8, 4) is 11.4 Å². The predicted octanol–water partition coefficient (Wildman–Crippen LogP) is 1.61. The number of rotatable bonds is 3. The van der Waals surface area contributed by atoms with E-state index < -0.39 is 0 Å². The van der Waals surface area contributed by atoms with Gasteiger partial charge in [-0.25, -0.2) is 4.98 Å². The van der Waals surface area contributed by atoms with Gasteiger partial charge in [0.1, 0.15) is 11.9 Å². The first-order chi connectivity index (χ1) is 10.8. The highest BCUT2D eigenvalue weighted by atomic mass is 16.5. The molecule has 4 atom stereocenters. The van der Waals surface area contributed by atoms with Gasteiger partial charge in [-0.2, -0.15) is 0 Å². The van der Waals surface area contributed by atoms with Gasteiger partial charge in [0.15, 0.2) is 0 Å². The maximum Gasteiger partial charge on any atom is 0.125 e. The Morgan fingerprint density at radius 2 is 1.91 bits per heavy atom. The lowest BCUT2D eigenvalue weighted by Gasteiger charge is -2.35. The molecule has 2 aromatic rings. The summed E-state index contributed by atoms with van der Waals surface area (Å²) in [4.78, 5) is 4.05. The Labute approximate surface area is 129 Å². The van der Waals surface area contributed by atoms with Crippen molar-refractivity contribution >= 4 is 0 Å². The van der Waals surface area contributed by atoms with Crippen LogP contribution in [0.5, 0.6) is 5.75 Å². The van der Waals surface area contributed by atoms with Gasteiger partial charge in [0.2, 0.25) is 0 Å². The molecule has 1 aromatic carbocycles. The van der Waals surface area contributed by atoms with Crippen LogP contribution in [-0.2, 0) is 0 Å². The number of aliphatic hydroxyl groups is 1. The molecule has 116 valence electrons. The molecule has 4 rings (SSSR count). The zero-order valence-electron chi connectivity index (χ0n) is 12.4. The minimum absolute atomic E-state index is 0.0970. The topological polar surface area (TPSA) is 59.3 Å². The fourth-order valence-corrected chi connectivity index (χ4v) is 3.67. The number of aliphatic hydroxyl groups excluding tert-OH is 1. The molecule has 5 heteroatoms. The van der Waals surface area contributed by atoms with E-state index in [1.165, 1.54) is 0 Å². The monoisotopic (exact) mass is 299 g/mol. The molecular weight excluding hydrogens is 278 g/mol. The van der Waals surface area contributed by atoms with E-state index in [9.17, 15) is 5.11 Å². The lowest BCUT2D eigenvalue weighted by atomic mass is 9.78. The normalized spacial score (nSPS) is 31.0. The molecule has 2 aliphatic rings. The highest BCUT2D eigenvalue weighted by molar-refractivity contribution is 5.37. The number of nitrogens with zero attached hydrogens (tertiary/aromatic N) is 2. The molecule has 1 aliphatic carbocycles. The minimum atomic E-state index is -0.366. The average Bonchev–Trinajstić information content (AvgIpc) is 3.19. The van der Waals surface area contributed by atoms with Crippen LogP contribution in [0, 0.1) is 11.8 Å². The Balaban J connectivity index is 1.44. The molecule has 0 spiro atoms. The lowest BCUT2D eigenvalue weighted by Crippen LogP contribution is -2.42. The summed E-state index contributed by atoms with van der Waals surface area (Å²) < 4.78 is 8.00. The second-order valence-electron chi connectivity index (χ2n) is 6.34. The molecule has 0 bridgehead atoms. The van der Waals surface area contributed by atoms with Crippen molar-refractivity contribution in [1.82, 2.24) is 14.9 Å². The number of benzene rings is 1. The van der Waals surface area contributed by atoms with E-state index >= 15 is 0 Å². The first kappa shape index (κ1) is 13.8. The zero-order chi connectivity index (χ0) is 14.9. The van der Waals surface area contributed by atoms with Gasteiger partial charge in [-0.1, -0.05) is 0 Å². The molecule has 22 heavy (non-hydrogen) atoms. The largest absolute Gasteiger partial charge is 0.488 e. The fraction of sp³-hybridized carbons (Fsp3) is 0.471. The second-order valence-corrected chi connectivity index (χ2v) is 6.34. The molecule has 1 saturated carbocycles. The number of imidazole rings is 1. The van der Waals surface area contributed by atoms with Gasteiger partial charge >= 0.3 is 0 Å². The summed E-state index contributed by atoms with van der Waals surface area (Å²) in [5.41, 5.74) is 1.05. The van der Waals surface area contributed by atoms with Gasteiger partial charge in [0.05, 0.1) is 12.4 Å². The molecule has 0 amide bonds. The van der Waals surface area contributed by atoms with Gasteiger partial charge in [-0.15, -0.1) is 0 Å². The summed E-state index contributed by atoms with van der Waals surface area (Å²) in [6.07, 6.45) is 6.75. The molecular formula is C17H21N3O2. The third-order valence-electron chi connectivity index (χ3n) is 4.91. The number of hydrogen-bond donors (Lipinski definition) is 2. The molecule has 2 fully saturated rings. The highest BCUT2D eigenvalue weighted by Gasteiger charge is 2.39. The van der Waals surface area contributed by atoms with Crippen LogP contribution in [0.4, 0.5) is 0 Å². The first-order valence-electron chi connectivity index (χ1n) is 7.93.